The summed E-state index contributed by atoms with van der Waals surface area (Å²) in [6.07, 6.45) is 5.20. The highest BCUT2D eigenvalue weighted by Gasteiger charge is 2.47. The molecule has 2 aromatic rings. The Labute approximate surface area is 212 Å². The smallest absolute Gasteiger partial charge is 0.408 e. The second-order valence-corrected chi connectivity index (χ2v) is 9.98. The Morgan fingerprint density at radius 3 is 2.56 bits per heavy atom. The molecule has 0 bridgehead atoms. The number of likely N-dealkylation sites (tertiary alicyclic amines) is 2. The van der Waals surface area contributed by atoms with Gasteiger partial charge in [0.2, 0.25) is 0 Å². The molecule has 2 N–H and O–H groups in total. The molecule has 190 valence electrons. The lowest BCUT2D eigenvalue weighted by molar-refractivity contribution is 0.0320. The molecule has 0 radical (unpaired) electrons. The molecule has 2 fully saturated rings. The van der Waals surface area contributed by atoms with Gasteiger partial charge in [0.05, 0.1) is 18.7 Å². The van der Waals surface area contributed by atoms with Gasteiger partial charge in [-0.1, -0.05) is 18.2 Å². The van der Waals surface area contributed by atoms with Crippen LogP contribution in [0.2, 0.25) is 0 Å². The molecule has 7 heteroatoms. The van der Waals surface area contributed by atoms with Crippen LogP contribution in [0.15, 0.2) is 55.1 Å². The summed E-state index contributed by atoms with van der Waals surface area (Å²) in [7, 11) is 0. The number of amides is 2. The van der Waals surface area contributed by atoms with Crippen molar-refractivity contribution < 1.29 is 19.4 Å². The maximum Gasteiger partial charge on any atom is 0.408 e. The Bertz CT molecular complexity index is 1130. The molecule has 2 aromatic carbocycles. The van der Waals surface area contributed by atoms with Gasteiger partial charge in [0.25, 0.3) is 5.91 Å². The molecule has 0 aliphatic carbocycles. The van der Waals surface area contributed by atoms with E-state index in [1.54, 1.807) is 11.0 Å². The van der Waals surface area contributed by atoms with Gasteiger partial charge >= 0.3 is 6.09 Å². The number of hydrogen-bond acceptors (Lipinski definition) is 4. The molecule has 4 unspecified atom stereocenters. The molecule has 2 amide bonds. The highest BCUT2D eigenvalue weighted by Crippen LogP contribution is 2.52. The third kappa shape index (κ3) is 4.43. The summed E-state index contributed by atoms with van der Waals surface area (Å²) in [6, 6.07) is 13.3. The van der Waals surface area contributed by atoms with Gasteiger partial charge in [-0.05, 0) is 80.5 Å². The summed E-state index contributed by atoms with van der Waals surface area (Å²) in [6.45, 7) is 8.00. The fourth-order valence-corrected chi connectivity index (χ4v) is 6.26. The van der Waals surface area contributed by atoms with Gasteiger partial charge in [0, 0.05) is 36.3 Å². The quantitative estimate of drug-likeness (QED) is 0.497. The van der Waals surface area contributed by atoms with Crippen LogP contribution < -0.4 is 10.1 Å². The van der Waals surface area contributed by atoms with E-state index in [0.29, 0.717) is 18.6 Å². The monoisotopic (exact) mass is 489 g/mol. The van der Waals surface area contributed by atoms with Gasteiger partial charge in [-0.25, -0.2) is 4.79 Å². The maximum atomic E-state index is 13.2. The number of carbonyl (C=O) groups excluding carboxylic acids is 1. The first kappa shape index (κ1) is 24.2. The van der Waals surface area contributed by atoms with E-state index in [-0.39, 0.29) is 30.0 Å². The number of carboxylic acid groups (broad SMARTS) is 1. The Hall–Kier alpha value is -3.48. The topological polar surface area (TPSA) is 82.1 Å². The highest BCUT2D eigenvalue weighted by molar-refractivity contribution is 5.95. The van der Waals surface area contributed by atoms with E-state index in [9.17, 15) is 14.7 Å². The minimum atomic E-state index is -0.925. The Balaban J connectivity index is 1.57. The van der Waals surface area contributed by atoms with E-state index in [4.69, 9.17) is 4.74 Å². The van der Waals surface area contributed by atoms with Gasteiger partial charge in [0.1, 0.15) is 5.75 Å². The summed E-state index contributed by atoms with van der Waals surface area (Å²) < 4.78 is 5.63. The van der Waals surface area contributed by atoms with Gasteiger partial charge in [-0.3, -0.25) is 9.69 Å². The standard InChI is InChI=1S/C29H35N3O4/c1-3-7-21-11-14-23-26(19-8-12-22(13-9-19)36-4-2)30-25-15-10-20(28(33)31-16-5-6-17-31)18-24(25)27(23)32(21)29(34)35/h3,8-10,12-13,15,18,21,23,26-27,30H,1,4-7,11,14,16-17H2,2H3,(H,34,35). The number of nitrogens with zero attached hydrogens (tertiary/aromatic N) is 2. The molecule has 0 saturated carbocycles. The minimum absolute atomic E-state index is 0.0285. The highest BCUT2D eigenvalue weighted by atomic mass is 16.5. The van der Waals surface area contributed by atoms with Crippen molar-refractivity contribution in [3.63, 3.8) is 0 Å². The molecule has 3 aliphatic rings. The van der Waals surface area contributed by atoms with E-state index < -0.39 is 6.09 Å². The number of ether oxygens (including phenoxy) is 1. The van der Waals surface area contributed by atoms with Crippen LogP contribution in [0.25, 0.3) is 0 Å². The summed E-state index contributed by atoms with van der Waals surface area (Å²) in [5.41, 5.74) is 3.51. The number of piperidine rings is 1. The maximum absolute atomic E-state index is 13.2. The number of benzene rings is 2. The van der Waals surface area contributed by atoms with Crippen LogP contribution in [0.1, 0.15) is 72.6 Å². The Kier molecular flexibility index (Phi) is 6.90. The summed E-state index contributed by atoms with van der Waals surface area (Å²) in [4.78, 5) is 29.4. The average Bonchev–Trinajstić information content (AvgIpc) is 3.43. The van der Waals surface area contributed by atoms with Crippen LogP contribution in [0.3, 0.4) is 0 Å². The summed E-state index contributed by atoms with van der Waals surface area (Å²) in [5, 5.41) is 14.1. The van der Waals surface area contributed by atoms with Crippen LogP contribution in [0, 0.1) is 5.92 Å². The van der Waals surface area contributed by atoms with E-state index in [0.717, 1.165) is 61.3 Å². The third-order valence-corrected chi connectivity index (χ3v) is 7.89. The molecular weight excluding hydrogens is 454 g/mol. The van der Waals surface area contributed by atoms with Crippen molar-refractivity contribution in [3.05, 3.63) is 71.8 Å². The van der Waals surface area contributed by atoms with Gasteiger partial charge in [-0.2, -0.15) is 0 Å². The lowest BCUT2D eigenvalue weighted by Crippen LogP contribution is -2.52. The van der Waals surface area contributed by atoms with Gasteiger partial charge < -0.3 is 20.1 Å². The largest absolute Gasteiger partial charge is 0.494 e. The number of carbonyl (C=O) groups is 2. The zero-order valence-electron chi connectivity index (χ0n) is 20.9. The lowest BCUT2D eigenvalue weighted by atomic mass is 9.72. The molecule has 5 rings (SSSR count). The van der Waals surface area contributed by atoms with E-state index in [1.165, 1.54) is 0 Å². The fraction of sp³-hybridized carbons (Fsp3) is 0.448. The predicted molar refractivity (Wildman–Crippen MR) is 139 cm³/mol. The number of hydrogen-bond donors (Lipinski definition) is 2. The second-order valence-electron chi connectivity index (χ2n) is 9.98. The number of nitrogens with one attached hydrogen (secondary N) is 1. The molecule has 3 aliphatic heterocycles. The van der Waals surface area contributed by atoms with Crippen molar-refractivity contribution in [2.75, 3.05) is 25.0 Å². The van der Waals surface area contributed by atoms with Crippen molar-refractivity contribution in [2.24, 2.45) is 5.92 Å². The first-order valence-electron chi connectivity index (χ1n) is 13.1. The van der Waals surface area contributed by atoms with Gasteiger partial charge in [0.15, 0.2) is 0 Å². The van der Waals surface area contributed by atoms with Crippen molar-refractivity contribution in [3.8, 4) is 5.75 Å². The predicted octanol–water partition coefficient (Wildman–Crippen LogP) is 5.86. The van der Waals surface area contributed by atoms with Crippen LogP contribution in [0.4, 0.5) is 10.5 Å². The molecule has 0 spiro atoms. The molecule has 3 heterocycles. The normalized spacial score (nSPS) is 24.9. The van der Waals surface area contributed by atoms with E-state index in [2.05, 4.69) is 24.0 Å². The first-order valence-corrected chi connectivity index (χ1v) is 13.1. The van der Waals surface area contributed by atoms with Crippen LogP contribution in [0.5, 0.6) is 5.75 Å². The van der Waals surface area contributed by atoms with Gasteiger partial charge in [-0.15, -0.1) is 6.58 Å². The molecule has 36 heavy (non-hydrogen) atoms. The molecular formula is C29H35N3O4. The number of fused-ring (bicyclic) bond motifs is 3. The fourth-order valence-electron chi connectivity index (χ4n) is 6.26. The van der Waals surface area contributed by atoms with Crippen LogP contribution in [-0.2, 0) is 0 Å². The third-order valence-electron chi connectivity index (χ3n) is 7.89. The average molecular weight is 490 g/mol. The number of rotatable bonds is 6. The number of anilines is 1. The van der Waals surface area contributed by atoms with E-state index >= 15 is 0 Å². The molecule has 7 nitrogen and oxygen atoms in total. The van der Waals surface area contributed by atoms with Crippen molar-refractivity contribution >= 4 is 17.7 Å². The summed E-state index contributed by atoms with van der Waals surface area (Å²) >= 11 is 0. The zero-order valence-corrected chi connectivity index (χ0v) is 20.9. The van der Waals surface area contributed by atoms with Crippen LogP contribution >= 0.6 is 0 Å². The molecule has 4 atom stereocenters. The minimum Gasteiger partial charge on any atom is -0.494 e. The molecule has 2 saturated heterocycles. The van der Waals surface area contributed by atoms with Crippen LogP contribution in [-0.4, -0.2) is 52.6 Å². The molecule has 0 aromatic heterocycles. The first-order chi connectivity index (χ1) is 17.5. The van der Waals surface area contributed by atoms with E-state index in [1.807, 2.05) is 42.2 Å². The van der Waals surface area contributed by atoms with Crippen molar-refractivity contribution in [1.29, 1.82) is 0 Å². The second kappa shape index (κ2) is 10.2. The Morgan fingerprint density at radius 1 is 1.14 bits per heavy atom. The zero-order chi connectivity index (χ0) is 25.2. The SMILES string of the molecule is C=CCC1CCC2C(c3ccc(OCC)cc3)Nc3ccc(C(=O)N4CCCC4)cc3C2N1C(=O)O. The lowest BCUT2D eigenvalue weighted by Gasteiger charge is -2.51. The van der Waals surface area contributed by atoms with Crippen molar-refractivity contribution in [1.82, 2.24) is 9.80 Å². The summed E-state index contributed by atoms with van der Waals surface area (Å²) in [5.74, 6) is 0.881. The Morgan fingerprint density at radius 2 is 1.89 bits per heavy atom. The van der Waals surface area contributed by atoms with Crippen molar-refractivity contribution in [2.45, 2.75) is 57.2 Å².